The Morgan fingerprint density at radius 2 is 1.93 bits per heavy atom. The topological polar surface area (TPSA) is 87.8 Å². The first-order chi connectivity index (χ1) is 13.5. The number of ether oxygens (including phenoxy) is 1. The third-order valence-corrected chi connectivity index (χ3v) is 5.50. The average molecular weight is 392 g/mol. The first kappa shape index (κ1) is 22.8. The lowest BCUT2D eigenvalue weighted by Gasteiger charge is -2.27. The fourth-order valence-corrected chi connectivity index (χ4v) is 3.61. The van der Waals surface area contributed by atoms with E-state index in [1.807, 2.05) is 44.2 Å². The number of aliphatic hydroxyl groups excluding tert-OH is 1. The maximum Gasteiger partial charge on any atom is 0.223 e. The second-order valence-electron chi connectivity index (χ2n) is 8.11. The second kappa shape index (κ2) is 12.2. The highest BCUT2D eigenvalue weighted by Crippen LogP contribution is 2.20. The molecular weight excluding hydrogens is 354 g/mol. The maximum absolute atomic E-state index is 12.7. The summed E-state index contributed by atoms with van der Waals surface area (Å²) in [7, 11) is 0. The van der Waals surface area contributed by atoms with Crippen molar-refractivity contribution < 1.29 is 14.6 Å². The second-order valence-corrected chi connectivity index (χ2v) is 8.11. The lowest BCUT2D eigenvalue weighted by Crippen LogP contribution is -2.43. The van der Waals surface area contributed by atoms with Crippen LogP contribution in [0.5, 0.6) is 0 Å². The number of nitrogens with two attached hydrogens (primary N) is 1. The zero-order valence-corrected chi connectivity index (χ0v) is 17.3. The molecule has 0 saturated carbocycles. The highest BCUT2D eigenvalue weighted by atomic mass is 16.5. The van der Waals surface area contributed by atoms with Gasteiger partial charge in [-0.05, 0) is 37.3 Å². The van der Waals surface area contributed by atoms with Crippen LogP contribution in [0.25, 0.3) is 0 Å². The molecule has 0 radical (unpaired) electrons. The SMILES string of the molecule is CC(C)[C@@H](C[C@H](O)[C@@H](N)Cc1ccccc1)C(=O)NCCCN1CCOCC1. The minimum absolute atomic E-state index is 0.0166. The minimum atomic E-state index is -0.702. The van der Waals surface area contributed by atoms with Gasteiger partial charge < -0.3 is 20.9 Å². The highest BCUT2D eigenvalue weighted by molar-refractivity contribution is 5.78. The Labute approximate surface area is 169 Å². The van der Waals surface area contributed by atoms with E-state index in [1.54, 1.807) is 0 Å². The van der Waals surface area contributed by atoms with Gasteiger partial charge in [-0.2, -0.15) is 0 Å². The number of carbonyl (C=O) groups is 1. The van der Waals surface area contributed by atoms with Crippen LogP contribution in [0.2, 0.25) is 0 Å². The Morgan fingerprint density at radius 1 is 1.25 bits per heavy atom. The number of amides is 1. The van der Waals surface area contributed by atoms with Gasteiger partial charge in [0.15, 0.2) is 0 Å². The van der Waals surface area contributed by atoms with Crippen molar-refractivity contribution in [2.45, 2.75) is 45.3 Å². The smallest absolute Gasteiger partial charge is 0.223 e. The Morgan fingerprint density at radius 3 is 2.57 bits per heavy atom. The lowest BCUT2D eigenvalue weighted by molar-refractivity contribution is -0.127. The van der Waals surface area contributed by atoms with Crippen LogP contribution in [0, 0.1) is 11.8 Å². The summed E-state index contributed by atoms with van der Waals surface area (Å²) in [6.45, 7) is 9.20. The van der Waals surface area contributed by atoms with Gasteiger partial charge in [-0.3, -0.25) is 9.69 Å². The van der Waals surface area contributed by atoms with E-state index < -0.39 is 6.10 Å². The Kier molecular flexibility index (Phi) is 9.92. The van der Waals surface area contributed by atoms with E-state index in [2.05, 4.69) is 10.2 Å². The molecule has 6 heteroatoms. The molecule has 1 amide bonds. The number of hydrogen-bond acceptors (Lipinski definition) is 5. The van der Waals surface area contributed by atoms with E-state index in [0.717, 1.165) is 44.8 Å². The largest absolute Gasteiger partial charge is 0.391 e. The Hall–Kier alpha value is -1.47. The molecule has 2 rings (SSSR count). The molecule has 1 aromatic rings. The van der Waals surface area contributed by atoms with Gasteiger partial charge in [-0.1, -0.05) is 44.2 Å². The summed E-state index contributed by atoms with van der Waals surface area (Å²) < 4.78 is 5.35. The molecule has 0 spiro atoms. The van der Waals surface area contributed by atoms with Crippen molar-refractivity contribution in [1.82, 2.24) is 10.2 Å². The number of hydrogen-bond donors (Lipinski definition) is 3. The van der Waals surface area contributed by atoms with Gasteiger partial charge in [0.05, 0.1) is 19.3 Å². The third-order valence-electron chi connectivity index (χ3n) is 5.50. The van der Waals surface area contributed by atoms with Gasteiger partial charge in [0.2, 0.25) is 5.91 Å². The van der Waals surface area contributed by atoms with E-state index in [-0.39, 0.29) is 23.8 Å². The summed E-state index contributed by atoms with van der Waals surface area (Å²) in [6, 6.07) is 9.54. The van der Waals surface area contributed by atoms with Gasteiger partial charge in [0.25, 0.3) is 0 Å². The molecule has 1 aliphatic heterocycles. The van der Waals surface area contributed by atoms with Crippen molar-refractivity contribution >= 4 is 5.91 Å². The monoisotopic (exact) mass is 391 g/mol. The molecule has 3 atom stereocenters. The lowest BCUT2D eigenvalue weighted by atomic mass is 9.86. The van der Waals surface area contributed by atoms with Gasteiger partial charge in [0.1, 0.15) is 0 Å². The summed E-state index contributed by atoms with van der Waals surface area (Å²) >= 11 is 0. The summed E-state index contributed by atoms with van der Waals surface area (Å²) in [5.41, 5.74) is 7.30. The summed E-state index contributed by atoms with van der Waals surface area (Å²) in [4.78, 5) is 15.0. The predicted octanol–water partition coefficient (Wildman–Crippen LogP) is 1.42. The minimum Gasteiger partial charge on any atom is -0.391 e. The van der Waals surface area contributed by atoms with Crippen LogP contribution in [0.15, 0.2) is 30.3 Å². The average Bonchev–Trinajstić information content (AvgIpc) is 2.70. The predicted molar refractivity (Wildman–Crippen MR) is 112 cm³/mol. The van der Waals surface area contributed by atoms with Crippen molar-refractivity contribution in [2.75, 3.05) is 39.4 Å². The van der Waals surface area contributed by atoms with E-state index >= 15 is 0 Å². The number of rotatable bonds is 11. The quantitative estimate of drug-likeness (QED) is 0.497. The standard InChI is InChI=1S/C22H37N3O3/c1-17(2)19(16-21(26)20(23)15-18-7-4-3-5-8-18)22(27)24-9-6-10-25-11-13-28-14-12-25/h3-5,7-8,17,19-21,26H,6,9-16,23H2,1-2H3,(H,24,27)/t19-,20+,21+/m1/s1. The number of aliphatic hydroxyl groups is 1. The highest BCUT2D eigenvalue weighted by Gasteiger charge is 2.27. The molecule has 0 aliphatic carbocycles. The van der Waals surface area contributed by atoms with Crippen LogP contribution in [-0.4, -0.2) is 67.5 Å². The van der Waals surface area contributed by atoms with Crippen LogP contribution in [0.4, 0.5) is 0 Å². The number of benzene rings is 1. The van der Waals surface area contributed by atoms with Crippen LogP contribution in [0.3, 0.4) is 0 Å². The van der Waals surface area contributed by atoms with Crippen LogP contribution >= 0.6 is 0 Å². The fraction of sp³-hybridized carbons (Fsp3) is 0.682. The van der Waals surface area contributed by atoms with Crippen LogP contribution < -0.4 is 11.1 Å². The molecule has 0 bridgehead atoms. The van der Waals surface area contributed by atoms with Gasteiger partial charge >= 0.3 is 0 Å². The number of carbonyl (C=O) groups excluding carboxylic acids is 1. The van der Waals surface area contributed by atoms with Crippen molar-refractivity contribution in [3.05, 3.63) is 35.9 Å². The molecule has 0 unspecified atom stereocenters. The normalized spacial score (nSPS) is 18.6. The number of nitrogens with zero attached hydrogens (tertiary/aromatic N) is 1. The fourth-order valence-electron chi connectivity index (χ4n) is 3.61. The van der Waals surface area contributed by atoms with E-state index in [4.69, 9.17) is 10.5 Å². The summed E-state index contributed by atoms with van der Waals surface area (Å²) in [5.74, 6) is -0.0685. The molecule has 1 heterocycles. The van der Waals surface area contributed by atoms with Gasteiger partial charge in [-0.15, -0.1) is 0 Å². The molecule has 1 aliphatic rings. The molecule has 1 aromatic carbocycles. The van der Waals surface area contributed by atoms with Gasteiger partial charge in [-0.25, -0.2) is 0 Å². The molecule has 4 N–H and O–H groups in total. The summed E-state index contributed by atoms with van der Waals surface area (Å²) in [5, 5.41) is 13.6. The molecule has 0 aromatic heterocycles. The van der Waals surface area contributed by atoms with Crippen molar-refractivity contribution in [3.8, 4) is 0 Å². The maximum atomic E-state index is 12.7. The molecule has 6 nitrogen and oxygen atoms in total. The molecule has 1 saturated heterocycles. The number of morpholine rings is 1. The third kappa shape index (κ3) is 7.87. The molecule has 28 heavy (non-hydrogen) atoms. The van der Waals surface area contributed by atoms with E-state index in [1.165, 1.54) is 0 Å². The van der Waals surface area contributed by atoms with Gasteiger partial charge in [0, 0.05) is 31.6 Å². The Bertz CT molecular complexity index is 561. The van der Waals surface area contributed by atoms with E-state index in [9.17, 15) is 9.90 Å². The molecule has 1 fully saturated rings. The van der Waals surface area contributed by atoms with E-state index in [0.29, 0.717) is 19.4 Å². The van der Waals surface area contributed by atoms with Crippen molar-refractivity contribution in [3.63, 3.8) is 0 Å². The first-order valence-electron chi connectivity index (χ1n) is 10.5. The van der Waals surface area contributed by atoms with Crippen molar-refractivity contribution in [1.29, 1.82) is 0 Å². The number of nitrogens with one attached hydrogen (secondary N) is 1. The van der Waals surface area contributed by atoms with Crippen LogP contribution in [0.1, 0.15) is 32.3 Å². The first-order valence-corrected chi connectivity index (χ1v) is 10.5. The van der Waals surface area contributed by atoms with Crippen LogP contribution in [-0.2, 0) is 16.0 Å². The zero-order chi connectivity index (χ0) is 20.4. The Balaban J connectivity index is 1.74. The molecular formula is C22H37N3O3. The van der Waals surface area contributed by atoms with Crippen molar-refractivity contribution in [2.24, 2.45) is 17.6 Å². The molecule has 158 valence electrons. The summed E-state index contributed by atoms with van der Waals surface area (Å²) in [6.07, 6.45) is 1.22. The zero-order valence-electron chi connectivity index (χ0n) is 17.3.